The lowest BCUT2D eigenvalue weighted by Gasteiger charge is -2.17. The van der Waals surface area contributed by atoms with Crippen molar-refractivity contribution in [2.45, 2.75) is 6.42 Å². The van der Waals surface area contributed by atoms with Crippen LogP contribution in [-0.2, 0) is 6.42 Å². The van der Waals surface area contributed by atoms with Crippen LogP contribution in [-0.4, -0.2) is 0 Å². The van der Waals surface area contributed by atoms with Crippen LogP contribution in [0, 0.1) is 0 Å². The molecule has 0 bridgehead atoms. The molecule has 0 saturated heterocycles. The second-order valence-electron chi connectivity index (χ2n) is 12.4. The van der Waals surface area contributed by atoms with E-state index in [-0.39, 0.29) is 0 Å². The predicted molar refractivity (Wildman–Crippen MR) is 193 cm³/mol. The third kappa shape index (κ3) is 3.60. The fourth-order valence-electron chi connectivity index (χ4n) is 8.04. The van der Waals surface area contributed by atoms with Crippen LogP contribution in [0.15, 0.2) is 158 Å². The van der Waals surface area contributed by atoms with Gasteiger partial charge >= 0.3 is 0 Å². The van der Waals surface area contributed by atoms with Gasteiger partial charge in [-0.3, -0.25) is 0 Å². The van der Waals surface area contributed by atoms with E-state index < -0.39 is 0 Å². The summed E-state index contributed by atoms with van der Waals surface area (Å²) in [6.45, 7) is 0. The van der Waals surface area contributed by atoms with Gasteiger partial charge in [0.1, 0.15) is 0 Å². The van der Waals surface area contributed by atoms with Crippen LogP contribution in [0.25, 0.3) is 87.2 Å². The summed E-state index contributed by atoms with van der Waals surface area (Å²) >= 11 is 0. The standard InChI is InChI=1S/C45H28/c1-2-12-29-25-41-33(23-28(29)11-1)27-43-38-22-21-32(26-42(38)37-18-8-10-20-40(37)45(41)43)34-15-7-9-19-39(34)44-35-16-5-3-13-30(35)24-31-14-4-6-17-36(31)44/h1-26H,27H2. The van der Waals surface area contributed by atoms with Gasteiger partial charge in [0, 0.05) is 0 Å². The normalized spacial score (nSPS) is 12.4. The molecule has 0 unspecified atom stereocenters. The van der Waals surface area contributed by atoms with Crippen molar-refractivity contribution in [2.24, 2.45) is 0 Å². The molecule has 0 radical (unpaired) electrons. The van der Waals surface area contributed by atoms with Gasteiger partial charge in [-0.1, -0.05) is 140 Å². The summed E-state index contributed by atoms with van der Waals surface area (Å²) in [5, 5.41) is 13.1. The Labute approximate surface area is 261 Å². The highest BCUT2D eigenvalue weighted by Gasteiger charge is 2.25. The Morgan fingerprint density at radius 3 is 1.62 bits per heavy atom. The lowest BCUT2D eigenvalue weighted by atomic mass is 9.86. The molecule has 1 aliphatic rings. The van der Waals surface area contributed by atoms with Crippen LogP contribution in [0.4, 0.5) is 0 Å². The Bertz CT molecular complexity index is 2620. The van der Waals surface area contributed by atoms with E-state index in [0.717, 1.165) is 6.42 Å². The van der Waals surface area contributed by atoms with Crippen molar-refractivity contribution in [3.05, 3.63) is 169 Å². The van der Waals surface area contributed by atoms with Crippen LogP contribution in [0.1, 0.15) is 11.1 Å². The molecule has 10 rings (SSSR count). The maximum atomic E-state index is 2.45. The van der Waals surface area contributed by atoms with Gasteiger partial charge in [0.05, 0.1) is 0 Å². The molecule has 0 aliphatic heterocycles. The summed E-state index contributed by atoms with van der Waals surface area (Å²) in [6, 6.07) is 58.7. The molecule has 0 atom stereocenters. The topological polar surface area (TPSA) is 0 Å². The van der Waals surface area contributed by atoms with Gasteiger partial charge in [0.25, 0.3) is 0 Å². The van der Waals surface area contributed by atoms with Crippen molar-refractivity contribution >= 4 is 53.9 Å². The van der Waals surface area contributed by atoms with Crippen molar-refractivity contribution in [3.8, 4) is 33.4 Å². The quantitative estimate of drug-likeness (QED) is 0.144. The lowest BCUT2D eigenvalue weighted by molar-refractivity contribution is 1.29. The fourth-order valence-corrected chi connectivity index (χ4v) is 8.04. The summed E-state index contributed by atoms with van der Waals surface area (Å²) in [5.41, 5.74) is 10.8. The van der Waals surface area contributed by atoms with Crippen molar-refractivity contribution in [1.29, 1.82) is 0 Å². The third-order valence-electron chi connectivity index (χ3n) is 10.0. The number of rotatable bonds is 2. The molecule has 0 saturated carbocycles. The summed E-state index contributed by atoms with van der Waals surface area (Å²) in [7, 11) is 0. The van der Waals surface area contributed by atoms with E-state index in [1.165, 1.54) is 98.4 Å². The molecule has 9 aromatic rings. The Balaban J connectivity index is 1.24. The number of hydrogen-bond acceptors (Lipinski definition) is 0. The molecule has 208 valence electrons. The molecule has 0 nitrogen and oxygen atoms in total. The zero-order valence-corrected chi connectivity index (χ0v) is 24.7. The minimum atomic E-state index is 0.967. The molecule has 0 heterocycles. The van der Waals surface area contributed by atoms with Crippen LogP contribution >= 0.6 is 0 Å². The van der Waals surface area contributed by atoms with E-state index in [2.05, 4.69) is 158 Å². The highest BCUT2D eigenvalue weighted by Crippen LogP contribution is 2.48. The first kappa shape index (κ1) is 24.7. The second-order valence-corrected chi connectivity index (χ2v) is 12.4. The summed E-state index contributed by atoms with van der Waals surface area (Å²) in [5.74, 6) is 0. The lowest BCUT2D eigenvalue weighted by Crippen LogP contribution is -1.91. The highest BCUT2D eigenvalue weighted by atomic mass is 14.3. The SMILES string of the molecule is c1ccc(-c2c3ccccc3cc3ccccc23)c(-c2ccc3c4c(c5ccccc5c3c2)-c2cc3ccccc3cc2C4)c1. The third-order valence-corrected chi connectivity index (χ3v) is 10.0. The zero-order valence-electron chi connectivity index (χ0n) is 24.7. The van der Waals surface area contributed by atoms with Gasteiger partial charge in [0.2, 0.25) is 0 Å². The first-order chi connectivity index (χ1) is 22.3. The second kappa shape index (κ2) is 9.39. The molecule has 0 amide bonds. The molecule has 0 N–H and O–H groups in total. The van der Waals surface area contributed by atoms with Crippen molar-refractivity contribution < 1.29 is 0 Å². The Kier molecular flexibility index (Phi) is 5.15. The molecule has 45 heavy (non-hydrogen) atoms. The zero-order chi connectivity index (χ0) is 29.5. The van der Waals surface area contributed by atoms with E-state index in [1.54, 1.807) is 0 Å². The smallest absolute Gasteiger partial charge is 0.000683 e. The fraction of sp³-hybridized carbons (Fsp3) is 0.0222. The molecular weight excluding hydrogens is 540 g/mol. The summed E-state index contributed by atoms with van der Waals surface area (Å²) in [4.78, 5) is 0. The van der Waals surface area contributed by atoms with Crippen LogP contribution in [0.3, 0.4) is 0 Å². The van der Waals surface area contributed by atoms with E-state index in [1.807, 2.05) is 0 Å². The van der Waals surface area contributed by atoms with Crippen LogP contribution < -0.4 is 0 Å². The predicted octanol–water partition coefficient (Wildman–Crippen LogP) is 12.4. The number of fused-ring (bicyclic) bond motifs is 11. The molecule has 0 aromatic heterocycles. The van der Waals surface area contributed by atoms with Crippen molar-refractivity contribution in [3.63, 3.8) is 0 Å². The van der Waals surface area contributed by atoms with Gasteiger partial charge in [-0.2, -0.15) is 0 Å². The molecule has 0 fully saturated rings. The van der Waals surface area contributed by atoms with Gasteiger partial charge < -0.3 is 0 Å². The van der Waals surface area contributed by atoms with Crippen LogP contribution in [0.2, 0.25) is 0 Å². The molecule has 9 aromatic carbocycles. The average Bonchev–Trinajstić information content (AvgIpc) is 3.48. The molecule has 0 spiro atoms. The van der Waals surface area contributed by atoms with E-state index in [4.69, 9.17) is 0 Å². The molecular formula is C45H28. The van der Waals surface area contributed by atoms with E-state index >= 15 is 0 Å². The number of hydrogen-bond donors (Lipinski definition) is 0. The Morgan fingerprint density at radius 2 is 0.889 bits per heavy atom. The first-order valence-corrected chi connectivity index (χ1v) is 15.8. The molecule has 0 heteroatoms. The monoisotopic (exact) mass is 568 g/mol. The Hall–Kier alpha value is -5.72. The van der Waals surface area contributed by atoms with E-state index in [9.17, 15) is 0 Å². The first-order valence-electron chi connectivity index (χ1n) is 15.8. The average molecular weight is 569 g/mol. The van der Waals surface area contributed by atoms with Gasteiger partial charge in [-0.15, -0.1) is 0 Å². The largest absolute Gasteiger partial charge is 0.0616 e. The minimum Gasteiger partial charge on any atom is -0.0616 e. The molecule has 1 aliphatic carbocycles. The minimum absolute atomic E-state index is 0.967. The highest BCUT2D eigenvalue weighted by molar-refractivity contribution is 6.19. The number of benzene rings is 9. The summed E-state index contributed by atoms with van der Waals surface area (Å²) in [6.07, 6.45) is 0.967. The summed E-state index contributed by atoms with van der Waals surface area (Å²) < 4.78 is 0. The Morgan fingerprint density at radius 1 is 0.311 bits per heavy atom. The van der Waals surface area contributed by atoms with E-state index in [0.29, 0.717) is 0 Å². The maximum Gasteiger partial charge on any atom is -0.000683 e. The van der Waals surface area contributed by atoms with Crippen LogP contribution in [0.5, 0.6) is 0 Å². The van der Waals surface area contributed by atoms with Crippen molar-refractivity contribution in [1.82, 2.24) is 0 Å². The van der Waals surface area contributed by atoms with Gasteiger partial charge in [-0.05, 0) is 123 Å². The van der Waals surface area contributed by atoms with Gasteiger partial charge in [0.15, 0.2) is 0 Å². The maximum absolute atomic E-state index is 2.45. The van der Waals surface area contributed by atoms with Gasteiger partial charge in [-0.25, -0.2) is 0 Å². The van der Waals surface area contributed by atoms with Crippen molar-refractivity contribution in [2.75, 3.05) is 0 Å².